The van der Waals surface area contributed by atoms with Crippen molar-refractivity contribution in [2.24, 2.45) is 5.92 Å². The highest BCUT2D eigenvalue weighted by Gasteiger charge is 2.27. The lowest BCUT2D eigenvalue weighted by atomic mass is 9.83. The van der Waals surface area contributed by atoms with Gasteiger partial charge in [-0.15, -0.1) is 10.2 Å². The van der Waals surface area contributed by atoms with Gasteiger partial charge in [-0.1, -0.05) is 53.9 Å². The van der Waals surface area contributed by atoms with Crippen LogP contribution in [0.1, 0.15) is 50.0 Å². The van der Waals surface area contributed by atoms with Crippen LogP contribution in [0.15, 0.2) is 46.9 Å². The Balaban J connectivity index is 1.61. The smallest absolute Gasteiger partial charge is 0.268 e. The van der Waals surface area contributed by atoms with E-state index in [4.69, 9.17) is 44.3 Å². The van der Waals surface area contributed by atoms with Gasteiger partial charge in [0.25, 0.3) is 5.89 Å². The summed E-state index contributed by atoms with van der Waals surface area (Å²) >= 11 is 18.8. The van der Waals surface area contributed by atoms with Crippen molar-refractivity contribution >= 4 is 34.8 Å². The quantitative estimate of drug-likeness (QED) is 0.283. The highest BCUT2D eigenvalue weighted by Crippen LogP contribution is 2.38. The summed E-state index contributed by atoms with van der Waals surface area (Å²) in [6.07, 6.45) is 4.52. The fourth-order valence-corrected chi connectivity index (χ4v) is 5.09. The summed E-state index contributed by atoms with van der Waals surface area (Å²) in [5.74, 6) is 2.18. The van der Waals surface area contributed by atoms with Crippen LogP contribution in [0.4, 0.5) is 0 Å². The van der Waals surface area contributed by atoms with Crippen LogP contribution in [0, 0.1) is 12.8 Å². The van der Waals surface area contributed by atoms with Crippen molar-refractivity contribution in [1.29, 1.82) is 0 Å². The molecule has 0 radical (unpaired) electrons. The van der Waals surface area contributed by atoms with E-state index in [-0.39, 0.29) is 0 Å². The number of halogens is 3. The molecule has 33 heavy (non-hydrogen) atoms. The first-order valence-electron chi connectivity index (χ1n) is 11.1. The summed E-state index contributed by atoms with van der Waals surface area (Å²) in [7, 11) is 0. The van der Waals surface area contributed by atoms with Gasteiger partial charge in [0.2, 0.25) is 5.89 Å². The van der Waals surface area contributed by atoms with Crippen LogP contribution >= 0.6 is 34.8 Å². The molecule has 170 valence electrons. The summed E-state index contributed by atoms with van der Waals surface area (Å²) in [6, 6.07) is 13.0. The second-order valence-electron chi connectivity index (χ2n) is 8.74. The van der Waals surface area contributed by atoms with Crippen molar-refractivity contribution in [3.05, 3.63) is 69.0 Å². The topological polar surface area (TPSA) is 56.7 Å². The van der Waals surface area contributed by atoms with Crippen molar-refractivity contribution in [3.63, 3.8) is 0 Å². The molecule has 0 bridgehead atoms. The minimum atomic E-state index is 0.311. The Morgan fingerprint density at radius 1 is 0.909 bits per heavy atom. The largest absolute Gasteiger partial charge is 0.419 e. The zero-order valence-corrected chi connectivity index (χ0v) is 20.6. The van der Waals surface area contributed by atoms with E-state index in [1.807, 2.05) is 37.3 Å². The van der Waals surface area contributed by atoms with E-state index < -0.39 is 0 Å². The SMILES string of the molecule is Cc1c(-c2nnc(C3CCC(C)CC3)o2)nn(-c2ccc(Cl)cc2Cl)c1-c1ccc(Cl)cc1. The van der Waals surface area contributed by atoms with Crippen molar-refractivity contribution < 1.29 is 4.42 Å². The number of nitrogens with zero attached hydrogens (tertiary/aromatic N) is 4. The molecular weight excluding hydrogens is 479 g/mol. The lowest BCUT2D eigenvalue weighted by Crippen LogP contribution is -2.11. The fraction of sp³-hybridized carbons (Fsp3) is 0.320. The lowest BCUT2D eigenvalue weighted by molar-refractivity contribution is 0.309. The average Bonchev–Trinajstić information content (AvgIpc) is 3.40. The maximum Gasteiger partial charge on any atom is 0.268 e. The molecule has 2 aromatic carbocycles. The third kappa shape index (κ3) is 4.42. The summed E-state index contributed by atoms with van der Waals surface area (Å²) in [5, 5.41) is 15.3. The lowest BCUT2D eigenvalue weighted by Gasteiger charge is -2.23. The summed E-state index contributed by atoms with van der Waals surface area (Å²) in [5.41, 5.74) is 4.07. The van der Waals surface area contributed by atoms with Gasteiger partial charge < -0.3 is 4.42 Å². The second kappa shape index (κ2) is 9.13. The molecule has 0 spiro atoms. The van der Waals surface area contributed by atoms with E-state index in [2.05, 4.69) is 17.1 Å². The molecule has 1 aliphatic rings. The van der Waals surface area contributed by atoms with Gasteiger partial charge >= 0.3 is 0 Å². The van der Waals surface area contributed by atoms with Gasteiger partial charge in [0, 0.05) is 27.1 Å². The van der Waals surface area contributed by atoms with Crippen LogP contribution in [-0.4, -0.2) is 20.0 Å². The standard InChI is InChI=1S/C25H23Cl3N4O/c1-14-3-5-17(6-4-14)24-29-30-25(33-24)22-15(2)23(16-7-9-18(26)10-8-16)32(31-22)21-12-11-19(27)13-20(21)28/h7-14,17H,3-6H2,1-2H3. The van der Waals surface area contributed by atoms with Gasteiger partial charge in [0.1, 0.15) is 0 Å². The van der Waals surface area contributed by atoms with E-state index in [0.717, 1.165) is 35.6 Å². The Morgan fingerprint density at radius 3 is 2.30 bits per heavy atom. The summed E-state index contributed by atoms with van der Waals surface area (Å²) in [4.78, 5) is 0. The van der Waals surface area contributed by atoms with Crippen molar-refractivity contribution in [1.82, 2.24) is 20.0 Å². The van der Waals surface area contributed by atoms with Crippen LogP contribution in [0.5, 0.6) is 0 Å². The van der Waals surface area contributed by atoms with Crippen molar-refractivity contribution in [2.45, 2.75) is 45.4 Å². The fourth-order valence-electron chi connectivity index (χ4n) is 4.48. The van der Waals surface area contributed by atoms with E-state index in [1.54, 1.807) is 16.8 Å². The molecule has 2 heterocycles. The van der Waals surface area contributed by atoms with E-state index in [9.17, 15) is 0 Å². The molecule has 5 rings (SSSR count). The molecule has 1 fully saturated rings. The summed E-state index contributed by atoms with van der Waals surface area (Å²) < 4.78 is 7.96. The number of aromatic nitrogens is 4. The third-order valence-electron chi connectivity index (χ3n) is 6.39. The number of hydrogen-bond acceptors (Lipinski definition) is 4. The Morgan fingerprint density at radius 2 is 1.61 bits per heavy atom. The molecule has 8 heteroatoms. The first-order valence-corrected chi connectivity index (χ1v) is 12.2. The third-order valence-corrected chi connectivity index (χ3v) is 7.18. The number of benzene rings is 2. The molecule has 0 saturated heterocycles. The number of rotatable bonds is 4. The van der Waals surface area contributed by atoms with Crippen LogP contribution < -0.4 is 0 Å². The second-order valence-corrected chi connectivity index (χ2v) is 10.0. The molecule has 1 saturated carbocycles. The van der Waals surface area contributed by atoms with Crippen LogP contribution in [0.25, 0.3) is 28.5 Å². The Labute approximate surface area is 207 Å². The van der Waals surface area contributed by atoms with Gasteiger partial charge in [-0.05, 0) is 68.9 Å². The Bertz CT molecular complexity index is 1290. The molecule has 0 N–H and O–H groups in total. The predicted octanol–water partition coefficient (Wildman–Crippen LogP) is 8.15. The van der Waals surface area contributed by atoms with E-state index in [0.29, 0.717) is 44.1 Å². The van der Waals surface area contributed by atoms with Gasteiger partial charge in [0.15, 0.2) is 5.69 Å². The zero-order chi connectivity index (χ0) is 23.1. The highest BCUT2D eigenvalue weighted by molar-refractivity contribution is 6.35. The average molecular weight is 502 g/mol. The van der Waals surface area contributed by atoms with Gasteiger partial charge in [-0.2, -0.15) is 5.10 Å². The van der Waals surface area contributed by atoms with Crippen molar-refractivity contribution in [2.75, 3.05) is 0 Å². The Kier molecular flexibility index (Phi) is 6.21. The van der Waals surface area contributed by atoms with Gasteiger partial charge in [0.05, 0.1) is 16.4 Å². The number of hydrogen-bond donors (Lipinski definition) is 0. The van der Waals surface area contributed by atoms with E-state index in [1.165, 1.54) is 12.8 Å². The molecule has 0 atom stereocenters. The minimum absolute atomic E-state index is 0.311. The molecule has 0 unspecified atom stereocenters. The Hall–Kier alpha value is -2.34. The highest BCUT2D eigenvalue weighted by atomic mass is 35.5. The van der Waals surface area contributed by atoms with E-state index >= 15 is 0 Å². The van der Waals surface area contributed by atoms with Crippen LogP contribution in [-0.2, 0) is 0 Å². The molecule has 4 aromatic rings. The van der Waals surface area contributed by atoms with Gasteiger partial charge in [-0.3, -0.25) is 0 Å². The molecule has 1 aliphatic carbocycles. The zero-order valence-electron chi connectivity index (χ0n) is 18.4. The van der Waals surface area contributed by atoms with Crippen LogP contribution in [0.3, 0.4) is 0 Å². The van der Waals surface area contributed by atoms with Crippen LogP contribution in [0.2, 0.25) is 15.1 Å². The summed E-state index contributed by atoms with van der Waals surface area (Å²) in [6.45, 7) is 4.30. The molecule has 0 aliphatic heterocycles. The maximum atomic E-state index is 6.56. The monoisotopic (exact) mass is 500 g/mol. The molecular formula is C25H23Cl3N4O. The molecule has 2 aromatic heterocycles. The minimum Gasteiger partial charge on any atom is -0.419 e. The molecule has 0 amide bonds. The first-order chi connectivity index (χ1) is 15.9. The molecule has 5 nitrogen and oxygen atoms in total. The maximum absolute atomic E-state index is 6.56. The first kappa shape index (κ1) is 22.5. The van der Waals surface area contributed by atoms with Gasteiger partial charge in [-0.25, -0.2) is 4.68 Å². The normalized spacial score (nSPS) is 18.6. The predicted molar refractivity (Wildman–Crippen MR) is 132 cm³/mol. The van der Waals surface area contributed by atoms with Crippen molar-refractivity contribution in [3.8, 4) is 28.5 Å².